The maximum atomic E-state index is 11.6. The SMILES string of the molecule is CC(=O)NCCNC(=O)Nc1nnc(C2CCCCC2)s1. The molecule has 1 aromatic rings. The molecule has 0 bridgehead atoms. The van der Waals surface area contributed by atoms with Crippen LogP contribution >= 0.6 is 11.3 Å². The summed E-state index contributed by atoms with van der Waals surface area (Å²) in [5.41, 5.74) is 0. The molecular formula is C13H21N5O2S. The lowest BCUT2D eigenvalue weighted by Crippen LogP contribution is -2.36. The van der Waals surface area contributed by atoms with Crippen molar-refractivity contribution in [2.45, 2.75) is 44.9 Å². The number of carbonyl (C=O) groups is 2. The lowest BCUT2D eigenvalue weighted by atomic mass is 9.90. The zero-order valence-corrected chi connectivity index (χ0v) is 13.0. The van der Waals surface area contributed by atoms with Gasteiger partial charge in [-0.15, -0.1) is 10.2 Å². The lowest BCUT2D eigenvalue weighted by Gasteiger charge is -2.18. The average molecular weight is 311 g/mol. The van der Waals surface area contributed by atoms with Crippen LogP contribution in [0.15, 0.2) is 0 Å². The van der Waals surface area contributed by atoms with Gasteiger partial charge in [-0.2, -0.15) is 0 Å². The van der Waals surface area contributed by atoms with Gasteiger partial charge in [0, 0.05) is 25.9 Å². The first-order valence-corrected chi connectivity index (χ1v) is 8.09. The number of carbonyl (C=O) groups excluding carboxylic acids is 2. The Morgan fingerprint density at radius 3 is 2.57 bits per heavy atom. The van der Waals surface area contributed by atoms with Gasteiger partial charge in [0.15, 0.2) is 0 Å². The van der Waals surface area contributed by atoms with Gasteiger partial charge >= 0.3 is 6.03 Å². The molecule has 0 atom stereocenters. The fraction of sp³-hybridized carbons (Fsp3) is 0.692. The molecule has 3 N–H and O–H groups in total. The molecule has 21 heavy (non-hydrogen) atoms. The van der Waals surface area contributed by atoms with E-state index >= 15 is 0 Å². The van der Waals surface area contributed by atoms with E-state index in [1.807, 2.05) is 0 Å². The van der Waals surface area contributed by atoms with Gasteiger partial charge in [-0.25, -0.2) is 4.79 Å². The number of urea groups is 1. The van der Waals surface area contributed by atoms with Crippen LogP contribution in [0.2, 0.25) is 0 Å². The predicted octanol–water partition coefficient (Wildman–Crippen LogP) is 1.84. The molecule has 0 spiro atoms. The highest BCUT2D eigenvalue weighted by Gasteiger charge is 2.20. The first-order valence-electron chi connectivity index (χ1n) is 7.28. The van der Waals surface area contributed by atoms with E-state index in [9.17, 15) is 9.59 Å². The topological polar surface area (TPSA) is 96.0 Å². The normalized spacial score (nSPS) is 15.5. The van der Waals surface area contributed by atoms with E-state index in [1.165, 1.54) is 37.5 Å². The Morgan fingerprint density at radius 1 is 1.14 bits per heavy atom. The van der Waals surface area contributed by atoms with Crippen molar-refractivity contribution in [3.8, 4) is 0 Å². The molecule has 0 unspecified atom stereocenters. The molecule has 0 aliphatic heterocycles. The third-order valence-corrected chi connectivity index (χ3v) is 4.40. The second-order valence-corrected chi connectivity index (χ2v) is 6.15. The minimum absolute atomic E-state index is 0.113. The van der Waals surface area contributed by atoms with Crippen molar-refractivity contribution in [3.05, 3.63) is 5.01 Å². The summed E-state index contributed by atoms with van der Waals surface area (Å²) >= 11 is 1.45. The highest BCUT2D eigenvalue weighted by atomic mass is 32.1. The molecule has 0 radical (unpaired) electrons. The number of rotatable bonds is 5. The second kappa shape index (κ2) is 7.92. The van der Waals surface area contributed by atoms with Crippen LogP contribution in [-0.2, 0) is 4.79 Å². The maximum absolute atomic E-state index is 11.6. The molecule has 3 amide bonds. The average Bonchev–Trinajstić information content (AvgIpc) is 2.93. The number of aromatic nitrogens is 2. The van der Waals surface area contributed by atoms with E-state index in [2.05, 4.69) is 26.1 Å². The van der Waals surface area contributed by atoms with Crippen molar-refractivity contribution < 1.29 is 9.59 Å². The van der Waals surface area contributed by atoms with Crippen molar-refractivity contribution in [2.24, 2.45) is 0 Å². The Balaban J connectivity index is 1.73. The number of nitrogens with one attached hydrogen (secondary N) is 3. The number of hydrogen-bond donors (Lipinski definition) is 3. The fourth-order valence-corrected chi connectivity index (χ4v) is 3.26. The second-order valence-electron chi connectivity index (χ2n) is 5.14. The minimum Gasteiger partial charge on any atom is -0.355 e. The van der Waals surface area contributed by atoms with Crippen LogP contribution in [0, 0.1) is 0 Å². The smallest absolute Gasteiger partial charge is 0.321 e. The molecule has 116 valence electrons. The first-order chi connectivity index (χ1) is 10.1. The van der Waals surface area contributed by atoms with E-state index in [-0.39, 0.29) is 11.9 Å². The minimum atomic E-state index is -0.327. The van der Waals surface area contributed by atoms with Crippen molar-refractivity contribution in [1.82, 2.24) is 20.8 Å². The zero-order valence-electron chi connectivity index (χ0n) is 12.1. The van der Waals surface area contributed by atoms with Gasteiger partial charge in [0.1, 0.15) is 5.01 Å². The highest BCUT2D eigenvalue weighted by Crippen LogP contribution is 2.34. The molecule has 2 rings (SSSR count). The summed E-state index contributed by atoms with van der Waals surface area (Å²) in [4.78, 5) is 22.3. The van der Waals surface area contributed by atoms with E-state index in [0.29, 0.717) is 24.1 Å². The Bertz CT molecular complexity index is 485. The van der Waals surface area contributed by atoms with Crippen LogP contribution in [-0.4, -0.2) is 35.2 Å². The van der Waals surface area contributed by atoms with Crippen LogP contribution in [0.4, 0.5) is 9.93 Å². The Hall–Kier alpha value is -1.70. The lowest BCUT2D eigenvalue weighted by molar-refractivity contribution is -0.118. The standard InChI is InChI=1S/C13H21N5O2S/c1-9(19)14-7-8-15-12(20)16-13-18-17-11(21-13)10-5-3-2-4-6-10/h10H,2-8H2,1H3,(H,14,19)(H2,15,16,18,20). The number of nitrogens with zero attached hydrogens (tertiary/aromatic N) is 2. The van der Waals surface area contributed by atoms with Gasteiger partial charge in [0.25, 0.3) is 0 Å². The molecule has 1 heterocycles. The summed E-state index contributed by atoms with van der Waals surface area (Å²) < 4.78 is 0. The molecule has 7 nitrogen and oxygen atoms in total. The quantitative estimate of drug-likeness (QED) is 0.723. The molecule has 1 aromatic heterocycles. The molecule has 1 aliphatic carbocycles. The third kappa shape index (κ3) is 5.30. The van der Waals surface area contributed by atoms with E-state index in [1.54, 1.807) is 0 Å². The fourth-order valence-electron chi connectivity index (χ4n) is 2.36. The van der Waals surface area contributed by atoms with E-state index < -0.39 is 0 Å². The summed E-state index contributed by atoms with van der Waals surface area (Å²) in [5, 5.41) is 17.7. The van der Waals surface area contributed by atoms with Gasteiger partial charge in [0.05, 0.1) is 0 Å². The van der Waals surface area contributed by atoms with Crippen molar-refractivity contribution in [3.63, 3.8) is 0 Å². The number of amides is 3. The molecule has 1 saturated carbocycles. The maximum Gasteiger partial charge on any atom is 0.321 e. The van der Waals surface area contributed by atoms with Gasteiger partial charge < -0.3 is 10.6 Å². The van der Waals surface area contributed by atoms with E-state index in [0.717, 1.165) is 17.8 Å². The molecule has 8 heteroatoms. The molecular weight excluding hydrogens is 290 g/mol. The van der Waals surface area contributed by atoms with Crippen LogP contribution < -0.4 is 16.0 Å². The van der Waals surface area contributed by atoms with Gasteiger partial charge in [-0.3, -0.25) is 10.1 Å². The predicted molar refractivity (Wildman–Crippen MR) is 81.4 cm³/mol. The number of anilines is 1. The van der Waals surface area contributed by atoms with Crippen molar-refractivity contribution >= 4 is 28.4 Å². The van der Waals surface area contributed by atoms with Gasteiger partial charge in [-0.1, -0.05) is 30.6 Å². The number of hydrogen-bond acceptors (Lipinski definition) is 5. The Labute approximate surface area is 127 Å². The van der Waals surface area contributed by atoms with E-state index in [4.69, 9.17) is 0 Å². The summed E-state index contributed by atoms with van der Waals surface area (Å²) in [6.07, 6.45) is 6.12. The van der Waals surface area contributed by atoms with Crippen molar-refractivity contribution in [1.29, 1.82) is 0 Å². The summed E-state index contributed by atoms with van der Waals surface area (Å²) in [6.45, 7) is 2.22. The zero-order chi connectivity index (χ0) is 15.1. The van der Waals surface area contributed by atoms with Crippen LogP contribution in [0.5, 0.6) is 0 Å². The molecule has 1 aliphatic rings. The van der Waals surface area contributed by atoms with Gasteiger partial charge in [-0.05, 0) is 12.8 Å². The molecule has 0 saturated heterocycles. The van der Waals surface area contributed by atoms with Crippen LogP contribution in [0.25, 0.3) is 0 Å². The summed E-state index contributed by atoms with van der Waals surface area (Å²) in [5.74, 6) is 0.382. The largest absolute Gasteiger partial charge is 0.355 e. The highest BCUT2D eigenvalue weighted by molar-refractivity contribution is 7.15. The Morgan fingerprint density at radius 2 is 1.86 bits per heavy atom. The van der Waals surface area contributed by atoms with Gasteiger partial charge in [0.2, 0.25) is 11.0 Å². The summed E-state index contributed by atoms with van der Waals surface area (Å²) in [6, 6.07) is -0.327. The third-order valence-electron chi connectivity index (χ3n) is 3.40. The van der Waals surface area contributed by atoms with Crippen LogP contribution in [0.1, 0.15) is 50.0 Å². The Kier molecular flexibility index (Phi) is 5.91. The van der Waals surface area contributed by atoms with Crippen LogP contribution in [0.3, 0.4) is 0 Å². The first kappa shape index (κ1) is 15.7. The monoisotopic (exact) mass is 311 g/mol. The van der Waals surface area contributed by atoms with Crippen molar-refractivity contribution in [2.75, 3.05) is 18.4 Å². The molecule has 0 aromatic carbocycles. The molecule has 1 fully saturated rings. The summed E-state index contributed by atoms with van der Waals surface area (Å²) in [7, 11) is 0.